The Balaban J connectivity index is 1.10. The van der Waals surface area contributed by atoms with E-state index in [2.05, 4.69) is 215 Å². The summed E-state index contributed by atoms with van der Waals surface area (Å²) in [5, 5.41) is 4.74. The summed E-state index contributed by atoms with van der Waals surface area (Å²) in [5.41, 5.74) is 15.1. The molecule has 0 radical (unpaired) electrons. The zero-order valence-corrected chi connectivity index (χ0v) is 30.0. The van der Waals surface area contributed by atoms with Crippen LogP contribution in [0.2, 0.25) is 0 Å². The number of fused-ring (bicyclic) bond motifs is 10. The van der Waals surface area contributed by atoms with Crippen LogP contribution in [0.15, 0.2) is 206 Å². The summed E-state index contributed by atoms with van der Waals surface area (Å²) >= 11 is 0. The molecule has 0 saturated heterocycles. The van der Waals surface area contributed by atoms with E-state index in [-0.39, 0.29) is 5.92 Å². The molecule has 0 spiro atoms. The van der Waals surface area contributed by atoms with E-state index in [0.717, 1.165) is 44.3 Å². The fraction of sp³-hybridized carbons (Fsp3) is 0.0192. The lowest BCUT2D eigenvalue weighted by Gasteiger charge is -2.21. The second-order valence-corrected chi connectivity index (χ2v) is 14.4. The average Bonchev–Trinajstić information content (AvgIpc) is 3.81. The molecule has 1 unspecified atom stereocenters. The number of nitrogens with zero attached hydrogens (tertiary/aromatic N) is 3. The molecule has 55 heavy (non-hydrogen) atoms. The van der Waals surface area contributed by atoms with Gasteiger partial charge in [0.1, 0.15) is 11.2 Å². The van der Waals surface area contributed by atoms with Crippen molar-refractivity contribution in [3.63, 3.8) is 0 Å². The first kappa shape index (κ1) is 31.3. The Morgan fingerprint density at radius 2 is 0.891 bits per heavy atom. The first-order valence-electron chi connectivity index (χ1n) is 18.9. The van der Waals surface area contributed by atoms with Crippen molar-refractivity contribution in [3.05, 3.63) is 223 Å². The van der Waals surface area contributed by atoms with E-state index >= 15 is 0 Å². The highest BCUT2D eigenvalue weighted by molar-refractivity contribution is 6.16. The van der Waals surface area contributed by atoms with Gasteiger partial charge in [-0.15, -0.1) is 0 Å². The van der Waals surface area contributed by atoms with Crippen molar-refractivity contribution in [2.75, 3.05) is 0 Å². The van der Waals surface area contributed by atoms with Crippen LogP contribution in [0, 0.1) is 0 Å². The van der Waals surface area contributed by atoms with E-state index in [1.165, 1.54) is 49.7 Å². The second kappa shape index (κ2) is 12.7. The van der Waals surface area contributed by atoms with Crippen LogP contribution >= 0.6 is 0 Å². The minimum Gasteiger partial charge on any atom is -0.294 e. The largest absolute Gasteiger partial charge is 0.294 e. The molecule has 11 rings (SSSR count). The van der Waals surface area contributed by atoms with Gasteiger partial charge in [0.15, 0.2) is 5.65 Å². The molecule has 0 fully saturated rings. The molecule has 0 saturated carbocycles. The van der Waals surface area contributed by atoms with Crippen molar-refractivity contribution in [3.8, 4) is 27.9 Å². The molecule has 0 N–H and O–H groups in total. The lowest BCUT2D eigenvalue weighted by atomic mass is 9.83. The third-order valence-corrected chi connectivity index (χ3v) is 11.2. The van der Waals surface area contributed by atoms with Crippen molar-refractivity contribution in [2.45, 2.75) is 5.92 Å². The van der Waals surface area contributed by atoms with Gasteiger partial charge in [0.05, 0.1) is 11.0 Å². The van der Waals surface area contributed by atoms with E-state index in [9.17, 15) is 0 Å². The fourth-order valence-corrected chi connectivity index (χ4v) is 8.68. The number of rotatable bonds is 6. The maximum atomic E-state index is 5.40. The van der Waals surface area contributed by atoms with Gasteiger partial charge in [-0.2, -0.15) is 0 Å². The van der Waals surface area contributed by atoms with E-state index in [0.29, 0.717) is 0 Å². The van der Waals surface area contributed by atoms with E-state index in [1.807, 2.05) is 0 Å². The summed E-state index contributed by atoms with van der Waals surface area (Å²) in [6.45, 7) is 0. The first-order valence-corrected chi connectivity index (χ1v) is 18.9. The fourth-order valence-electron chi connectivity index (χ4n) is 8.68. The van der Waals surface area contributed by atoms with Crippen LogP contribution < -0.4 is 0 Å². The molecular formula is C52H35N3. The van der Waals surface area contributed by atoms with Gasteiger partial charge in [-0.05, 0) is 68.6 Å². The molecule has 3 aromatic heterocycles. The van der Waals surface area contributed by atoms with Gasteiger partial charge < -0.3 is 0 Å². The van der Waals surface area contributed by atoms with Crippen LogP contribution in [-0.2, 0) is 0 Å². The quantitative estimate of drug-likeness (QED) is 0.125. The monoisotopic (exact) mass is 701 g/mol. The topological polar surface area (TPSA) is 22.2 Å². The van der Waals surface area contributed by atoms with Crippen LogP contribution in [0.1, 0.15) is 22.6 Å². The Morgan fingerprint density at radius 3 is 1.60 bits per heavy atom. The van der Waals surface area contributed by atoms with Gasteiger partial charge in [0.25, 0.3) is 0 Å². The number of pyridine rings is 1. The first-order chi connectivity index (χ1) is 27.3. The Hall–Kier alpha value is -7.23. The van der Waals surface area contributed by atoms with Gasteiger partial charge in [-0.3, -0.25) is 8.97 Å². The molecule has 0 aliphatic carbocycles. The maximum Gasteiger partial charge on any atom is 0.151 e. The number of benzene rings is 8. The lowest BCUT2D eigenvalue weighted by Crippen LogP contribution is -2.05. The van der Waals surface area contributed by atoms with Crippen molar-refractivity contribution in [1.29, 1.82) is 0 Å². The Kier molecular flexibility index (Phi) is 7.24. The molecule has 3 heteroatoms. The van der Waals surface area contributed by atoms with Crippen LogP contribution in [0.25, 0.3) is 77.3 Å². The molecule has 0 aliphatic rings. The molecular weight excluding hydrogens is 667 g/mol. The predicted molar refractivity (Wildman–Crippen MR) is 229 cm³/mol. The second-order valence-electron chi connectivity index (χ2n) is 14.4. The molecule has 3 heterocycles. The van der Waals surface area contributed by atoms with Crippen LogP contribution in [0.5, 0.6) is 0 Å². The van der Waals surface area contributed by atoms with Crippen molar-refractivity contribution in [2.24, 2.45) is 0 Å². The third kappa shape index (κ3) is 5.09. The minimum atomic E-state index is 0.0371. The number of imidazole rings is 1. The van der Waals surface area contributed by atoms with Crippen LogP contribution in [-0.4, -0.2) is 14.0 Å². The number of aromatic nitrogens is 3. The van der Waals surface area contributed by atoms with Gasteiger partial charge in [0.2, 0.25) is 0 Å². The highest BCUT2D eigenvalue weighted by atomic mass is 15.2. The molecule has 8 aromatic carbocycles. The normalized spacial score (nSPS) is 12.3. The average molecular weight is 702 g/mol. The molecule has 0 amide bonds. The number of hydrogen-bond acceptors (Lipinski definition) is 1. The molecule has 1 atom stereocenters. The molecule has 3 nitrogen and oxygen atoms in total. The number of para-hydroxylation sites is 2. The summed E-state index contributed by atoms with van der Waals surface area (Å²) < 4.78 is 4.77. The van der Waals surface area contributed by atoms with Crippen LogP contribution in [0.3, 0.4) is 0 Å². The molecule has 0 bridgehead atoms. The summed E-state index contributed by atoms with van der Waals surface area (Å²) in [6, 6.07) is 74.6. The highest BCUT2D eigenvalue weighted by Crippen LogP contribution is 2.39. The summed E-state index contributed by atoms with van der Waals surface area (Å²) in [7, 11) is 0. The molecule has 0 aliphatic heterocycles. The van der Waals surface area contributed by atoms with E-state index in [4.69, 9.17) is 4.98 Å². The number of hydrogen-bond donors (Lipinski definition) is 0. The van der Waals surface area contributed by atoms with Gasteiger partial charge >= 0.3 is 0 Å². The van der Waals surface area contributed by atoms with Gasteiger partial charge in [-0.1, -0.05) is 182 Å². The zero-order valence-electron chi connectivity index (χ0n) is 30.0. The van der Waals surface area contributed by atoms with E-state index < -0.39 is 0 Å². The standard InChI is InChI=1S/C52H35N3/c1-3-14-35(15-4-1)37-26-28-38(29-27-37)49(41-19-13-18-40(34-41)36-16-5-2-6-17-36)39-30-32-42(33-31-39)54-48-25-12-10-23-46(48)50-52(54)55-47-24-11-9-21-44(47)43-20-7-8-22-45(43)51(55)53-50/h1-34,49H. The van der Waals surface area contributed by atoms with E-state index in [1.54, 1.807) is 0 Å². The minimum absolute atomic E-state index is 0.0371. The lowest BCUT2D eigenvalue weighted by molar-refractivity contribution is 0.975. The van der Waals surface area contributed by atoms with Gasteiger partial charge in [0, 0.05) is 27.8 Å². The van der Waals surface area contributed by atoms with Crippen molar-refractivity contribution >= 4 is 49.4 Å². The third-order valence-electron chi connectivity index (χ3n) is 11.2. The Labute approximate surface area is 319 Å². The molecule has 258 valence electrons. The smallest absolute Gasteiger partial charge is 0.151 e. The zero-order chi connectivity index (χ0) is 36.3. The van der Waals surface area contributed by atoms with Crippen molar-refractivity contribution < 1.29 is 0 Å². The molecule has 11 aromatic rings. The summed E-state index contributed by atoms with van der Waals surface area (Å²) in [6.07, 6.45) is 0. The highest BCUT2D eigenvalue weighted by Gasteiger charge is 2.23. The van der Waals surface area contributed by atoms with Crippen molar-refractivity contribution in [1.82, 2.24) is 14.0 Å². The predicted octanol–water partition coefficient (Wildman–Crippen LogP) is 13.3. The Bertz CT molecular complexity index is 3170. The Morgan fingerprint density at radius 1 is 0.364 bits per heavy atom. The van der Waals surface area contributed by atoms with Gasteiger partial charge in [-0.25, -0.2) is 4.98 Å². The summed E-state index contributed by atoms with van der Waals surface area (Å²) in [4.78, 5) is 5.40. The maximum absolute atomic E-state index is 5.40. The SMILES string of the molecule is c1ccc(-c2ccc(C(c3ccc(-n4c5ccccc5c5nc6c7ccccc7c7ccccc7n6c54)cc3)c3cccc(-c4ccccc4)c3)cc2)cc1. The summed E-state index contributed by atoms with van der Waals surface area (Å²) in [5.74, 6) is 0.0371. The van der Waals surface area contributed by atoms with Crippen LogP contribution in [0.4, 0.5) is 0 Å².